The predicted octanol–water partition coefficient (Wildman–Crippen LogP) is 4.66. The maximum absolute atomic E-state index is 13.5. The average Bonchev–Trinajstić information content (AvgIpc) is 2.73. The lowest BCUT2D eigenvalue weighted by Gasteiger charge is -2.38. The van der Waals surface area contributed by atoms with Crippen molar-refractivity contribution in [2.45, 2.75) is 12.5 Å². The van der Waals surface area contributed by atoms with Gasteiger partial charge in [-0.05, 0) is 65.2 Å². The van der Waals surface area contributed by atoms with Gasteiger partial charge < -0.3 is 14.4 Å². The summed E-state index contributed by atoms with van der Waals surface area (Å²) in [7, 11) is 3.08. The average molecular weight is 395 g/mol. The van der Waals surface area contributed by atoms with Crippen molar-refractivity contribution in [3.63, 3.8) is 0 Å². The number of halogens is 2. The van der Waals surface area contributed by atoms with Crippen LogP contribution in [0, 0.1) is 11.6 Å². The van der Waals surface area contributed by atoms with E-state index in [1.165, 1.54) is 31.4 Å². The second kappa shape index (κ2) is 7.54. The summed E-state index contributed by atoms with van der Waals surface area (Å²) in [6.07, 6.45) is 0.157. The van der Waals surface area contributed by atoms with E-state index in [4.69, 9.17) is 9.47 Å². The van der Waals surface area contributed by atoms with Gasteiger partial charge in [0.15, 0.2) is 11.5 Å². The number of carbonyl (C=O) groups is 1. The second-order valence-electron chi connectivity index (χ2n) is 6.78. The van der Waals surface area contributed by atoms with Gasteiger partial charge in [0.25, 0.3) is 0 Å². The van der Waals surface area contributed by atoms with E-state index in [1.807, 2.05) is 6.07 Å². The van der Waals surface area contributed by atoms with Crippen LogP contribution in [0.3, 0.4) is 0 Å². The van der Waals surface area contributed by atoms with Gasteiger partial charge >= 0.3 is 0 Å². The van der Waals surface area contributed by atoms with Crippen LogP contribution in [-0.2, 0) is 11.2 Å². The van der Waals surface area contributed by atoms with E-state index in [-0.39, 0.29) is 24.0 Å². The highest BCUT2D eigenvalue weighted by atomic mass is 19.1. The molecule has 148 valence electrons. The summed E-state index contributed by atoms with van der Waals surface area (Å²) in [6, 6.07) is 14.9. The van der Waals surface area contributed by atoms with Crippen LogP contribution in [-0.4, -0.2) is 20.1 Å². The molecule has 0 N–H and O–H groups in total. The van der Waals surface area contributed by atoms with Crippen molar-refractivity contribution >= 4 is 11.6 Å². The molecule has 0 aliphatic carbocycles. The number of carbonyl (C=O) groups excluding carboxylic acids is 1. The summed E-state index contributed by atoms with van der Waals surface area (Å²) in [5, 5.41) is 0. The Kier molecular flexibility index (Phi) is 4.92. The molecule has 6 heteroatoms. The zero-order valence-electron chi connectivity index (χ0n) is 16.0. The number of fused-ring (bicyclic) bond motifs is 1. The minimum atomic E-state index is -0.517. The van der Waals surface area contributed by atoms with Crippen LogP contribution in [0.2, 0.25) is 0 Å². The molecule has 4 nitrogen and oxygen atoms in total. The predicted molar refractivity (Wildman–Crippen MR) is 105 cm³/mol. The third-order valence-corrected chi connectivity index (χ3v) is 5.10. The molecule has 3 aromatic carbocycles. The second-order valence-corrected chi connectivity index (χ2v) is 6.78. The standard InChI is InChI=1S/C23H19F2NO3/c1-28-20-11-15-12-22(27)26(18-9-7-17(25)8-10-18)23(19(15)13-21(20)29-2)14-3-5-16(24)6-4-14/h3-11,13,23H,12H2,1-2H3/t23-/m1/s1. The lowest BCUT2D eigenvalue weighted by molar-refractivity contribution is -0.118. The first-order chi connectivity index (χ1) is 14.0. The van der Waals surface area contributed by atoms with Crippen LogP contribution in [0.15, 0.2) is 60.7 Å². The monoisotopic (exact) mass is 395 g/mol. The van der Waals surface area contributed by atoms with Gasteiger partial charge in [0.05, 0.1) is 26.7 Å². The molecule has 0 radical (unpaired) electrons. The number of rotatable bonds is 4. The molecular formula is C23H19F2NO3. The highest BCUT2D eigenvalue weighted by Gasteiger charge is 2.35. The number of anilines is 1. The summed E-state index contributed by atoms with van der Waals surface area (Å²) in [5.74, 6) is 0.171. The lowest BCUT2D eigenvalue weighted by atomic mass is 9.87. The lowest BCUT2D eigenvalue weighted by Crippen LogP contribution is -2.41. The van der Waals surface area contributed by atoms with Crippen molar-refractivity contribution in [3.05, 3.63) is 89.0 Å². The summed E-state index contributed by atoms with van der Waals surface area (Å²) in [5.41, 5.74) is 2.95. The first-order valence-electron chi connectivity index (χ1n) is 9.09. The Morgan fingerprint density at radius 2 is 1.41 bits per heavy atom. The molecule has 1 aliphatic heterocycles. The largest absolute Gasteiger partial charge is 0.493 e. The van der Waals surface area contributed by atoms with Gasteiger partial charge in [-0.2, -0.15) is 0 Å². The molecule has 1 atom stereocenters. The van der Waals surface area contributed by atoms with E-state index in [9.17, 15) is 13.6 Å². The minimum absolute atomic E-state index is 0.148. The molecule has 1 amide bonds. The molecule has 3 aromatic rings. The van der Waals surface area contributed by atoms with Crippen molar-refractivity contribution in [2.75, 3.05) is 19.1 Å². The molecule has 29 heavy (non-hydrogen) atoms. The molecule has 1 heterocycles. The number of hydrogen-bond acceptors (Lipinski definition) is 3. The Labute approximate surface area is 167 Å². The number of amides is 1. The number of ether oxygens (including phenoxy) is 2. The van der Waals surface area contributed by atoms with Crippen LogP contribution in [0.1, 0.15) is 22.7 Å². The SMILES string of the molecule is COc1cc2c(cc1OC)[C@@H](c1ccc(F)cc1)N(c1ccc(F)cc1)C(=O)C2. The van der Waals surface area contributed by atoms with Gasteiger partial charge in [-0.1, -0.05) is 12.1 Å². The summed E-state index contributed by atoms with van der Waals surface area (Å²) < 4.78 is 37.8. The van der Waals surface area contributed by atoms with Gasteiger partial charge in [-0.3, -0.25) is 4.79 Å². The molecule has 0 bridgehead atoms. The first kappa shape index (κ1) is 18.9. The summed E-state index contributed by atoms with van der Waals surface area (Å²) in [6.45, 7) is 0. The minimum Gasteiger partial charge on any atom is -0.493 e. The zero-order valence-corrected chi connectivity index (χ0v) is 16.0. The van der Waals surface area contributed by atoms with Crippen LogP contribution in [0.25, 0.3) is 0 Å². The van der Waals surface area contributed by atoms with E-state index in [2.05, 4.69) is 0 Å². The van der Waals surface area contributed by atoms with Gasteiger partial charge in [0, 0.05) is 5.69 Å². The number of methoxy groups -OCH3 is 2. The van der Waals surface area contributed by atoms with E-state index in [0.717, 1.165) is 16.7 Å². The fourth-order valence-electron chi connectivity index (χ4n) is 3.74. The molecule has 0 unspecified atom stereocenters. The molecule has 0 fully saturated rings. The van der Waals surface area contributed by atoms with Gasteiger partial charge in [0.1, 0.15) is 11.6 Å². The fraction of sp³-hybridized carbons (Fsp3) is 0.174. The van der Waals surface area contributed by atoms with E-state index < -0.39 is 6.04 Å². The topological polar surface area (TPSA) is 38.8 Å². The maximum atomic E-state index is 13.5. The van der Waals surface area contributed by atoms with Crippen LogP contribution in [0.5, 0.6) is 11.5 Å². The number of nitrogens with zero attached hydrogens (tertiary/aromatic N) is 1. The molecule has 4 rings (SSSR count). The molecule has 0 saturated carbocycles. The van der Waals surface area contributed by atoms with Crippen molar-refractivity contribution in [1.82, 2.24) is 0 Å². The molecular weight excluding hydrogens is 376 g/mol. The van der Waals surface area contributed by atoms with Gasteiger partial charge in [0.2, 0.25) is 5.91 Å². The number of hydrogen-bond donors (Lipinski definition) is 0. The summed E-state index contributed by atoms with van der Waals surface area (Å²) in [4.78, 5) is 14.7. The van der Waals surface area contributed by atoms with Crippen molar-refractivity contribution in [3.8, 4) is 11.5 Å². The normalized spacial score (nSPS) is 15.8. The fourth-order valence-corrected chi connectivity index (χ4v) is 3.74. The molecule has 0 spiro atoms. The Balaban J connectivity index is 1.93. The highest BCUT2D eigenvalue weighted by molar-refractivity contribution is 5.98. The highest BCUT2D eigenvalue weighted by Crippen LogP contribution is 2.43. The zero-order chi connectivity index (χ0) is 20.5. The van der Waals surface area contributed by atoms with Crippen LogP contribution in [0.4, 0.5) is 14.5 Å². The smallest absolute Gasteiger partial charge is 0.232 e. The van der Waals surface area contributed by atoms with Crippen LogP contribution >= 0.6 is 0 Å². The Morgan fingerprint density at radius 1 is 0.862 bits per heavy atom. The van der Waals surface area contributed by atoms with Gasteiger partial charge in [-0.15, -0.1) is 0 Å². The third-order valence-electron chi connectivity index (χ3n) is 5.10. The number of benzene rings is 3. The van der Waals surface area contributed by atoms with Crippen molar-refractivity contribution in [1.29, 1.82) is 0 Å². The van der Waals surface area contributed by atoms with E-state index in [0.29, 0.717) is 17.2 Å². The molecule has 1 aliphatic rings. The Hall–Kier alpha value is -3.41. The van der Waals surface area contributed by atoms with E-state index in [1.54, 1.807) is 42.3 Å². The third kappa shape index (κ3) is 3.42. The Bertz CT molecular complexity index is 1050. The first-order valence-corrected chi connectivity index (χ1v) is 9.09. The molecule has 0 aromatic heterocycles. The van der Waals surface area contributed by atoms with E-state index >= 15 is 0 Å². The van der Waals surface area contributed by atoms with Crippen molar-refractivity contribution < 1.29 is 23.0 Å². The van der Waals surface area contributed by atoms with Crippen LogP contribution < -0.4 is 14.4 Å². The van der Waals surface area contributed by atoms with Crippen molar-refractivity contribution in [2.24, 2.45) is 0 Å². The molecule has 0 saturated heterocycles. The quantitative estimate of drug-likeness (QED) is 0.645. The summed E-state index contributed by atoms with van der Waals surface area (Å²) >= 11 is 0. The van der Waals surface area contributed by atoms with Gasteiger partial charge in [-0.25, -0.2) is 8.78 Å². The Morgan fingerprint density at radius 3 is 2.00 bits per heavy atom. The maximum Gasteiger partial charge on any atom is 0.232 e.